The average molecular weight is 296 g/mol. The Balaban J connectivity index is 2.02. The zero-order valence-corrected chi connectivity index (χ0v) is 13.1. The molecule has 1 unspecified atom stereocenters. The van der Waals surface area contributed by atoms with Crippen molar-refractivity contribution >= 4 is 23.3 Å². The molecule has 0 aromatic heterocycles. The number of likely N-dealkylation sites (N-methyl/N-ethyl adjacent to an activating group) is 1. The molecule has 0 radical (unpaired) electrons. The van der Waals surface area contributed by atoms with Crippen molar-refractivity contribution in [2.24, 2.45) is 0 Å². The predicted octanol–water partition coefficient (Wildman–Crippen LogP) is 3.07. The number of aryl methyl sites for hydroxylation is 1. The number of benzene rings is 1. The number of nitrogens with zero attached hydrogens (tertiary/aromatic N) is 2. The largest absolute Gasteiger partial charge is 0.323 e. The van der Waals surface area contributed by atoms with E-state index in [-0.39, 0.29) is 6.03 Å². The van der Waals surface area contributed by atoms with Gasteiger partial charge in [-0.05, 0) is 50.7 Å². The first-order valence-electron chi connectivity index (χ1n) is 7.02. The second-order valence-corrected chi connectivity index (χ2v) is 5.87. The number of carbonyl (C=O) groups is 1. The van der Waals surface area contributed by atoms with Crippen molar-refractivity contribution in [3.8, 4) is 0 Å². The molecule has 2 rings (SSSR count). The number of carbonyl (C=O) groups excluding carboxylic acids is 1. The fraction of sp³-hybridized carbons (Fsp3) is 0.533. The zero-order valence-electron chi connectivity index (χ0n) is 12.3. The minimum absolute atomic E-state index is 0.0219. The Kier molecular flexibility index (Phi) is 4.89. The van der Waals surface area contributed by atoms with Gasteiger partial charge in [-0.15, -0.1) is 0 Å². The number of hydrogen-bond acceptors (Lipinski definition) is 2. The highest BCUT2D eigenvalue weighted by Crippen LogP contribution is 2.22. The summed E-state index contributed by atoms with van der Waals surface area (Å²) in [6.07, 6.45) is 1.87. The van der Waals surface area contributed by atoms with Crippen LogP contribution < -0.4 is 5.32 Å². The minimum atomic E-state index is -0.0219. The van der Waals surface area contributed by atoms with Gasteiger partial charge < -0.3 is 15.1 Å². The molecular formula is C15H22ClN3O. The molecule has 1 fully saturated rings. The summed E-state index contributed by atoms with van der Waals surface area (Å²) in [5, 5.41) is 3.70. The van der Waals surface area contributed by atoms with Gasteiger partial charge in [-0.25, -0.2) is 4.79 Å². The van der Waals surface area contributed by atoms with Crippen LogP contribution in [-0.4, -0.2) is 49.1 Å². The highest BCUT2D eigenvalue weighted by molar-refractivity contribution is 6.30. The van der Waals surface area contributed by atoms with E-state index in [2.05, 4.69) is 31.2 Å². The third-order valence-electron chi connectivity index (χ3n) is 3.87. The van der Waals surface area contributed by atoms with Crippen LogP contribution >= 0.6 is 11.6 Å². The quantitative estimate of drug-likeness (QED) is 0.930. The summed E-state index contributed by atoms with van der Waals surface area (Å²) < 4.78 is 0. The van der Waals surface area contributed by atoms with Crippen molar-refractivity contribution < 1.29 is 4.79 Å². The summed E-state index contributed by atoms with van der Waals surface area (Å²) in [7, 11) is 4.11. The van der Waals surface area contributed by atoms with E-state index >= 15 is 0 Å². The molecule has 1 aliphatic rings. The summed E-state index contributed by atoms with van der Waals surface area (Å²) in [6.45, 7) is 3.65. The molecule has 0 bridgehead atoms. The van der Waals surface area contributed by atoms with Gasteiger partial charge in [-0.3, -0.25) is 0 Å². The maximum atomic E-state index is 12.3. The Morgan fingerprint density at radius 2 is 2.25 bits per heavy atom. The van der Waals surface area contributed by atoms with Crippen molar-refractivity contribution in [3.05, 3.63) is 28.8 Å². The average Bonchev–Trinajstić information content (AvgIpc) is 2.90. The fourth-order valence-corrected chi connectivity index (χ4v) is 2.71. The molecule has 0 aliphatic carbocycles. The topological polar surface area (TPSA) is 35.6 Å². The third-order valence-corrected chi connectivity index (χ3v) is 4.11. The van der Waals surface area contributed by atoms with E-state index in [0.717, 1.165) is 37.2 Å². The van der Waals surface area contributed by atoms with Gasteiger partial charge in [0.2, 0.25) is 0 Å². The molecule has 1 saturated heterocycles. The summed E-state index contributed by atoms with van der Waals surface area (Å²) >= 11 is 5.98. The molecule has 20 heavy (non-hydrogen) atoms. The molecule has 2 amide bonds. The summed E-state index contributed by atoms with van der Waals surface area (Å²) in [5.74, 6) is 0. The van der Waals surface area contributed by atoms with Crippen LogP contribution in [0.3, 0.4) is 0 Å². The lowest BCUT2D eigenvalue weighted by atomic mass is 10.1. The van der Waals surface area contributed by atoms with E-state index in [1.54, 1.807) is 0 Å². The van der Waals surface area contributed by atoms with E-state index in [1.807, 2.05) is 23.1 Å². The normalized spacial score (nSPS) is 18.6. The minimum Gasteiger partial charge on any atom is -0.323 e. The van der Waals surface area contributed by atoms with Crippen LogP contribution in [0.5, 0.6) is 0 Å². The lowest BCUT2D eigenvalue weighted by Gasteiger charge is -2.21. The number of urea groups is 1. The molecule has 1 aromatic carbocycles. The molecule has 110 valence electrons. The molecule has 4 nitrogen and oxygen atoms in total. The van der Waals surface area contributed by atoms with Crippen LogP contribution in [-0.2, 0) is 6.42 Å². The first-order chi connectivity index (χ1) is 9.51. The Labute approximate surface area is 125 Å². The molecule has 1 N–H and O–H groups in total. The van der Waals surface area contributed by atoms with Crippen molar-refractivity contribution in [2.75, 3.05) is 32.5 Å². The van der Waals surface area contributed by atoms with Gasteiger partial charge in [0.1, 0.15) is 0 Å². The summed E-state index contributed by atoms with van der Waals surface area (Å²) in [4.78, 5) is 16.3. The van der Waals surface area contributed by atoms with Gasteiger partial charge in [-0.2, -0.15) is 0 Å². The smallest absolute Gasteiger partial charge is 0.321 e. The van der Waals surface area contributed by atoms with Gasteiger partial charge in [-0.1, -0.05) is 18.5 Å². The molecule has 1 heterocycles. The standard InChI is InChI=1S/C15H22ClN3O/c1-4-11-9-12(16)5-6-14(11)17-15(20)19-8-7-13(10-19)18(2)3/h5-6,9,13H,4,7-8,10H2,1-3H3,(H,17,20). The van der Waals surface area contributed by atoms with Crippen LogP contribution in [0.15, 0.2) is 18.2 Å². The number of nitrogens with one attached hydrogen (secondary N) is 1. The van der Waals surface area contributed by atoms with Gasteiger partial charge in [0, 0.05) is 29.8 Å². The van der Waals surface area contributed by atoms with Crippen molar-refractivity contribution in [1.82, 2.24) is 9.80 Å². The lowest BCUT2D eigenvalue weighted by Crippen LogP contribution is -2.37. The van der Waals surface area contributed by atoms with Crippen molar-refractivity contribution in [3.63, 3.8) is 0 Å². The van der Waals surface area contributed by atoms with Gasteiger partial charge in [0.25, 0.3) is 0 Å². The van der Waals surface area contributed by atoms with E-state index in [4.69, 9.17) is 11.6 Å². The molecular weight excluding hydrogens is 274 g/mol. The van der Waals surface area contributed by atoms with E-state index < -0.39 is 0 Å². The molecule has 1 atom stereocenters. The molecule has 0 spiro atoms. The number of amides is 2. The highest BCUT2D eigenvalue weighted by atomic mass is 35.5. The van der Waals surface area contributed by atoms with Crippen molar-refractivity contribution in [2.45, 2.75) is 25.8 Å². The third kappa shape index (κ3) is 3.44. The number of rotatable bonds is 3. The maximum absolute atomic E-state index is 12.3. The van der Waals surface area contributed by atoms with E-state index in [9.17, 15) is 4.79 Å². The Bertz CT molecular complexity index is 490. The highest BCUT2D eigenvalue weighted by Gasteiger charge is 2.27. The van der Waals surface area contributed by atoms with Crippen LogP contribution in [0.2, 0.25) is 5.02 Å². The zero-order chi connectivity index (χ0) is 14.7. The summed E-state index contributed by atoms with van der Waals surface area (Å²) in [6, 6.07) is 6.02. The number of halogens is 1. The second-order valence-electron chi connectivity index (χ2n) is 5.44. The van der Waals surface area contributed by atoms with Crippen molar-refractivity contribution in [1.29, 1.82) is 0 Å². The lowest BCUT2D eigenvalue weighted by molar-refractivity contribution is 0.216. The Morgan fingerprint density at radius 3 is 2.85 bits per heavy atom. The SMILES string of the molecule is CCc1cc(Cl)ccc1NC(=O)N1CCC(N(C)C)C1. The number of hydrogen-bond donors (Lipinski definition) is 1. The second kappa shape index (κ2) is 6.46. The van der Waals surface area contributed by atoms with Gasteiger partial charge >= 0.3 is 6.03 Å². The van der Waals surface area contributed by atoms with Crippen LogP contribution in [0.1, 0.15) is 18.9 Å². The predicted molar refractivity (Wildman–Crippen MR) is 83.5 cm³/mol. The van der Waals surface area contributed by atoms with E-state index in [0.29, 0.717) is 11.1 Å². The van der Waals surface area contributed by atoms with E-state index in [1.165, 1.54) is 0 Å². The summed E-state index contributed by atoms with van der Waals surface area (Å²) in [5.41, 5.74) is 1.92. The Morgan fingerprint density at radius 1 is 1.50 bits per heavy atom. The van der Waals surface area contributed by atoms with Crippen LogP contribution in [0, 0.1) is 0 Å². The first kappa shape index (κ1) is 15.1. The van der Waals surface area contributed by atoms with Crippen LogP contribution in [0.25, 0.3) is 0 Å². The van der Waals surface area contributed by atoms with Gasteiger partial charge in [0.05, 0.1) is 0 Å². The molecule has 1 aliphatic heterocycles. The maximum Gasteiger partial charge on any atom is 0.321 e. The molecule has 1 aromatic rings. The molecule has 0 saturated carbocycles. The number of likely N-dealkylation sites (tertiary alicyclic amines) is 1. The first-order valence-corrected chi connectivity index (χ1v) is 7.39. The Hall–Kier alpha value is -1.26. The van der Waals surface area contributed by atoms with Gasteiger partial charge in [0.15, 0.2) is 0 Å². The fourth-order valence-electron chi connectivity index (χ4n) is 2.52. The monoisotopic (exact) mass is 295 g/mol. The van der Waals surface area contributed by atoms with Crippen LogP contribution in [0.4, 0.5) is 10.5 Å². The molecule has 5 heteroatoms. The number of anilines is 1.